The summed E-state index contributed by atoms with van der Waals surface area (Å²) in [6.45, 7) is -2.32. The Morgan fingerprint density at radius 2 is 1.64 bits per heavy atom. The molecule has 0 aromatic heterocycles. The van der Waals surface area contributed by atoms with E-state index in [2.05, 4.69) is 5.32 Å². The molecule has 1 N–H and O–H groups in total. The van der Waals surface area contributed by atoms with E-state index in [-0.39, 0.29) is 17.8 Å². The highest BCUT2D eigenvalue weighted by Gasteiger charge is 2.33. The van der Waals surface area contributed by atoms with Crippen molar-refractivity contribution in [3.8, 4) is 0 Å². The Kier molecular flexibility index (Phi) is 7.27. The number of fused-ring (bicyclic) bond motifs is 1. The first-order valence-corrected chi connectivity index (χ1v) is 9.98. The molecule has 0 bridgehead atoms. The smallest absolute Gasteiger partial charge is 0.352 e. The zero-order chi connectivity index (χ0) is 24.0. The van der Waals surface area contributed by atoms with E-state index in [1.165, 1.54) is 18.2 Å². The fourth-order valence-electron chi connectivity index (χ4n) is 3.35. The largest absolute Gasteiger partial charge is 0.406 e. The van der Waals surface area contributed by atoms with E-state index >= 15 is 0 Å². The fraction of sp³-hybridized carbons (Fsp3) is 0.217. The lowest BCUT2D eigenvalue weighted by molar-refractivity contribution is -0.385. The van der Waals surface area contributed by atoms with Crippen molar-refractivity contribution < 1.29 is 27.7 Å². The minimum absolute atomic E-state index is 0.0136. The Balaban J connectivity index is 1.65. The van der Waals surface area contributed by atoms with Crippen LogP contribution in [-0.2, 0) is 11.3 Å². The summed E-state index contributed by atoms with van der Waals surface area (Å²) >= 11 is 0. The van der Waals surface area contributed by atoms with Crippen molar-refractivity contribution in [2.75, 3.05) is 13.1 Å². The zero-order valence-corrected chi connectivity index (χ0v) is 17.3. The first kappa shape index (κ1) is 23.7. The quantitative estimate of drug-likeness (QED) is 0.398. The maximum absolute atomic E-state index is 13.0. The van der Waals surface area contributed by atoms with Crippen molar-refractivity contribution in [3.63, 3.8) is 0 Å². The zero-order valence-electron chi connectivity index (χ0n) is 17.3. The first-order valence-electron chi connectivity index (χ1n) is 9.98. The van der Waals surface area contributed by atoms with Crippen LogP contribution in [0.4, 0.5) is 18.9 Å². The molecule has 0 fully saturated rings. The van der Waals surface area contributed by atoms with Crippen molar-refractivity contribution in [2.45, 2.75) is 19.1 Å². The highest BCUT2D eigenvalue weighted by Crippen LogP contribution is 2.23. The van der Waals surface area contributed by atoms with Gasteiger partial charge in [0.2, 0.25) is 5.91 Å². The van der Waals surface area contributed by atoms with Gasteiger partial charge in [-0.25, -0.2) is 0 Å². The molecule has 3 aromatic carbocycles. The predicted octanol–water partition coefficient (Wildman–Crippen LogP) is 4.46. The van der Waals surface area contributed by atoms with Crippen molar-refractivity contribution in [1.29, 1.82) is 0 Å². The van der Waals surface area contributed by atoms with Crippen LogP contribution in [0, 0.1) is 10.1 Å². The number of nitro groups is 1. The highest BCUT2D eigenvalue weighted by atomic mass is 19.4. The Hall–Kier alpha value is -3.95. The number of nitro benzene ring substituents is 1. The second-order valence-electron chi connectivity index (χ2n) is 7.32. The fourth-order valence-corrected chi connectivity index (χ4v) is 3.35. The van der Waals surface area contributed by atoms with Gasteiger partial charge in [0.25, 0.3) is 11.6 Å². The Morgan fingerprint density at radius 3 is 2.33 bits per heavy atom. The number of nitrogens with one attached hydrogen (secondary N) is 1. The van der Waals surface area contributed by atoms with Gasteiger partial charge in [-0.05, 0) is 22.9 Å². The van der Waals surface area contributed by atoms with E-state index in [1.54, 1.807) is 18.2 Å². The van der Waals surface area contributed by atoms with Gasteiger partial charge in [-0.3, -0.25) is 19.7 Å². The average Bonchev–Trinajstić information content (AvgIpc) is 2.77. The molecule has 0 saturated heterocycles. The summed E-state index contributed by atoms with van der Waals surface area (Å²) in [6.07, 6.45) is -5.08. The number of hydrogen-bond acceptors (Lipinski definition) is 4. The van der Waals surface area contributed by atoms with E-state index in [0.29, 0.717) is 10.5 Å². The molecule has 0 heterocycles. The van der Waals surface area contributed by atoms with Crippen molar-refractivity contribution in [3.05, 3.63) is 88.0 Å². The molecular weight excluding hydrogens is 439 g/mol. The molecule has 0 radical (unpaired) electrons. The number of alkyl halides is 3. The molecule has 0 aliphatic carbocycles. The number of halogens is 3. The molecule has 3 aromatic rings. The van der Waals surface area contributed by atoms with Crippen LogP contribution in [0.15, 0.2) is 66.7 Å². The predicted molar refractivity (Wildman–Crippen MR) is 115 cm³/mol. The lowest BCUT2D eigenvalue weighted by atomic mass is 10.1. The van der Waals surface area contributed by atoms with Gasteiger partial charge in [0.05, 0.1) is 11.5 Å². The van der Waals surface area contributed by atoms with Crippen LogP contribution in [0.2, 0.25) is 0 Å². The molecular formula is C23H20F3N3O4. The Labute approximate surface area is 187 Å². The second-order valence-corrected chi connectivity index (χ2v) is 7.32. The van der Waals surface area contributed by atoms with Gasteiger partial charge in [-0.1, -0.05) is 48.5 Å². The third-order valence-electron chi connectivity index (χ3n) is 4.91. The van der Waals surface area contributed by atoms with Gasteiger partial charge < -0.3 is 10.2 Å². The molecule has 2 amide bonds. The van der Waals surface area contributed by atoms with Crippen LogP contribution in [0.1, 0.15) is 22.3 Å². The third kappa shape index (κ3) is 6.52. The van der Waals surface area contributed by atoms with Gasteiger partial charge in [0.1, 0.15) is 6.54 Å². The summed E-state index contributed by atoms with van der Waals surface area (Å²) in [6, 6.07) is 17.8. The van der Waals surface area contributed by atoms with Crippen LogP contribution in [-0.4, -0.2) is 40.9 Å². The van der Waals surface area contributed by atoms with Gasteiger partial charge in [-0.15, -0.1) is 0 Å². The number of benzene rings is 3. The molecule has 0 spiro atoms. The monoisotopic (exact) mass is 459 g/mol. The minimum Gasteiger partial charge on any atom is -0.352 e. The van der Waals surface area contributed by atoms with E-state index in [1.807, 2.05) is 24.3 Å². The molecule has 0 aliphatic heterocycles. The standard InChI is InChI=1S/C23H20F3N3O4/c24-23(25,26)15-28(14-19-7-3-4-8-20(19)29(32)33)21(30)11-12-27-22(31)18-10-9-16-5-1-2-6-17(16)13-18/h1-10,13H,11-12,14-15H2,(H,27,31). The van der Waals surface area contributed by atoms with E-state index in [0.717, 1.165) is 16.8 Å². The molecule has 10 heteroatoms. The van der Waals surface area contributed by atoms with Gasteiger partial charge >= 0.3 is 6.18 Å². The third-order valence-corrected chi connectivity index (χ3v) is 4.91. The van der Waals surface area contributed by atoms with Crippen LogP contribution in [0.5, 0.6) is 0 Å². The second kappa shape index (κ2) is 10.1. The summed E-state index contributed by atoms with van der Waals surface area (Å²) in [5.74, 6) is -1.35. The average molecular weight is 459 g/mol. The van der Waals surface area contributed by atoms with Crippen LogP contribution in [0.25, 0.3) is 10.8 Å². The Morgan fingerprint density at radius 1 is 0.970 bits per heavy atom. The molecule has 0 aliphatic rings. The van der Waals surface area contributed by atoms with Crippen molar-refractivity contribution in [1.82, 2.24) is 10.2 Å². The van der Waals surface area contributed by atoms with Crippen LogP contribution in [0.3, 0.4) is 0 Å². The molecule has 7 nitrogen and oxygen atoms in total. The number of para-hydroxylation sites is 1. The molecule has 0 saturated carbocycles. The van der Waals surface area contributed by atoms with E-state index in [4.69, 9.17) is 0 Å². The summed E-state index contributed by atoms with van der Waals surface area (Å²) in [7, 11) is 0. The number of rotatable bonds is 8. The highest BCUT2D eigenvalue weighted by molar-refractivity contribution is 5.98. The summed E-state index contributed by atoms with van der Waals surface area (Å²) in [5, 5.41) is 15.5. The van der Waals surface area contributed by atoms with E-state index < -0.39 is 42.4 Å². The molecule has 172 valence electrons. The van der Waals surface area contributed by atoms with Crippen LogP contribution >= 0.6 is 0 Å². The van der Waals surface area contributed by atoms with Crippen LogP contribution < -0.4 is 5.32 Å². The lowest BCUT2D eigenvalue weighted by Gasteiger charge is -2.24. The SMILES string of the molecule is O=C(NCCC(=O)N(Cc1ccccc1[N+](=O)[O-])CC(F)(F)F)c1ccc2ccccc2c1. The lowest BCUT2D eigenvalue weighted by Crippen LogP contribution is -2.40. The normalized spacial score (nSPS) is 11.2. The van der Waals surface area contributed by atoms with Gasteiger partial charge in [0.15, 0.2) is 0 Å². The van der Waals surface area contributed by atoms with E-state index in [9.17, 15) is 32.9 Å². The minimum atomic E-state index is -4.69. The molecule has 0 unspecified atom stereocenters. The number of carbonyl (C=O) groups excluding carboxylic acids is 2. The first-order chi connectivity index (χ1) is 15.6. The molecule has 0 atom stereocenters. The molecule has 33 heavy (non-hydrogen) atoms. The summed E-state index contributed by atoms with van der Waals surface area (Å²) < 4.78 is 39.1. The maximum Gasteiger partial charge on any atom is 0.406 e. The number of carbonyl (C=O) groups is 2. The van der Waals surface area contributed by atoms with Gasteiger partial charge in [-0.2, -0.15) is 13.2 Å². The van der Waals surface area contributed by atoms with Crippen molar-refractivity contribution in [2.24, 2.45) is 0 Å². The number of nitrogens with zero attached hydrogens (tertiary/aromatic N) is 2. The van der Waals surface area contributed by atoms with Crippen molar-refractivity contribution >= 4 is 28.3 Å². The summed E-state index contributed by atoms with van der Waals surface area (Å²) in [4.78, 5) is 35.8. The molecule has 3 rings (SSSR count). The number of hydrogen-bond donors (Lipinski definition) is 1. The van der Waals surface area contributed by atoms with Gasteiger partial charge in [0, 0.05) is 30.2 Å². The Bertz CT molecular complexity index is 1180. The summed E-state index contributed by atoms with van der Waals surface area (Å²) in [5.41, 5.74) is -0.0319. The topological polar surface area (TPSA) is 92.6 Å². The maximum atomic E-state index is 13.0. The number of amides is 2.